The number of aromatic amines is 1. The Kier molecular flexibility index (Phi) is 11.5. The summed E-state index contributed by atoms with van der Waals surface area (Å²) in [6, 6.07) is 0.565. The van der Waals surface area contributed by atoms with Gasteiger partial charge in [-0.2, -0.15) is 0 Å². The van der Waals surface area contributed by atoms with Crippen molar-refractivity contribution >= 4 is 46.4 Å². The molecule has 240 valence electrons. The molecule has 14 nitrogen and oxygen atoms in total. The number of carbonyl (C=O) groups excluding carboxylic acids is 5. The number of carboxylic acid groups (broad SMARTS) is 1. The first-order valence-corrected chi connectivity index (χ1v) is 14.6. The van der Waals surface area contributed by atoms with Crippen LogP contribution >= 0.6 is 0 Å². The van der Waals surface area contributed by atoms with Crippen LogP contribution in [0.5, 0.6) is 0 Å². The van der Waals surface area contributed by atoms with E-state index in [2.05, 4.69) is 31.6 Å². The van der Waals surface area contributed by atoms with Crippen LogP contribution in [0.4, 0.5) is 0 Å². The molecule has 5 amide bonds. The van der Waals surface area contributed by atoms with Crippen LogP contribution in [0.25, 0.3) is 10.9 Å². The van der Waals surface area contributed by atoms with Crippen LogP contribution < -0.4 is 26.6 Å². The molecule has 2 aromatic rings. The van der Waals surface area contributed by atoms with Crippen molar-refractivity contribution in [3.05, 3.63) is 36.0 Å². The standard InChI is InChI=1S/C30H42N6O8/c1-14(2)10-20-26(40)32-21(11-17-13-31-19-9-7-6-8-18(17)19)27(41)33-22(12-23(38)39)28(42)36-25(16(5)37)30(44)35-24(15(3)4)29(43)34-20/h6-9,13-16,20-22,24-25,31,37H,10-12H2,1-5H3,(H,32,40)(H,33,41)(H,34,43)(H,35,44)(H,36,42)(H,38,39)/t16-,20+,21-,22-,24-,25+/m1/s1. The maximum absolute atomic E-state index is 13.7. The molecule has 8 N–H and O–H groups in total. The van der Waals surface area contributed by atoms with Gasteiger partial charge in [0.05, 0.1) is 12.5 Å². The number of H-pyrrole nitrogens is 1. The summed E-state index contributed by atoms with van der Waals surface area (Å²) in [6.07, 6.45) is -0.430. The number of nitrogens with one attached hydrogen (secondary N) is 6. The third-order valence-electron chi connectivity index (χ3n) is 7.39. The molecule has 0 aliphatic carbocycles. The van der Waals surface area contributed by atoms with E-state index in [1.54, 1.807) is 20.0 Å². The van der Waals surface area contributed by atoms with Gasteiger partial charge in [-0.05, 0) is 36.8 Å². The number of aliphatic carboxylic acids is 1. The van der Waals surface area contributed by atoms with Crippen molar-refractivity contribution < 1.29 is 39.0 Å². The van der Waals surface area contributed by atoms with Gasteiger partial charge in [-0.3, -0.25) is 28.8 Å². The smallest absolute Gasteiger partial charge is 0.305 e. The van der Waals surface area contributed by atoms with Crippen molar-refractivity contribution in [1.29, 1.82) is 0 Å². The molecular weight excluding hydrogens is 572 g/mol. The highest BCUT2D eigenvalue weighted by Crippen LogP contribution is 2.20. The van der Waals surface area contributed by atoms with Crippen molar-refractivity contribution in [2.45, 2.75) is 90.2 Å². The zero-order chi connectivity index (χ0) is 32.7. The molecule has 1 aliphatic rings. The summed E-state index contributed by atoms with van der Waals surface area (Å²) in [7, 11) is 0. The van der Waals surface area contributed by atoms with E-state index in [0.29, 0.717) is 5.56 Å². The van der Waals surface area contributed by atoms with Gasteiger partial charge in [-0.1, -0.05) is 45.9 Å². The van der Waals surface area contributed by atoms with Crippen molar-refractivity contribution in [3.63, 3.8) is 0 Å². The number of benzene rings is 1. The summed E-state index contributed by atoms with van der Waals surface area (Å²) in [5, 5.41) is 33.3. The van der Waals surface area contributed by atoms with Crippen LogP contribution in [-0.2, 0) is 35.2 Å². The van der Waals surface area contributed by atoms with E-state index in [1.165, 1.54) is 6.92 Å². The van der Waals surface area contributed by atoms with Crippen LogP contribution in [0.3, 0.4) is 0 Å². The number of aliphatic hydroxyl groups is 1. The maximum Gasteiger partial charge on any atom is 0.305 e. The van der Waals surface area contributed by atoms with Gasteiger partial charge < -0.3 is 41.8 Å². The zero-order valence-corrected chi connectivity index (χ0v) is 25.5. The number of hydrogen-bond acceptors (Lipinski definition) is 7. The number of para-hydroxylation sites is 1. The second kappa shape index (κ2) is 14.8. The fraction of sp³-hybridized carbons (Fsp3) is 0.533. The summed E-state index contributed by atoms with van der Waals surface area (Å²) in [5.74, 6) is -6.06. The molecule has 6 atom stereocenters. The molecule has 1 saturated heterocycles. The summed E-state index contributed by atoms with van der Waals surface area (Å²) in [6.45, 7) is 8.30. The number of rotatable bonds is 8. The van der Waals surface area contributed by atoms with E-state index in [1.807, 2.05) is 38.1 Å². The molecule has 1 aromatic carbocycles. The third kappa shape index (κ3) is 8.78. The van der Waals surface area contributed by atoms with Crippen LogP contribution in [-0.4, -0.2) is 87.0 Å². The number of amides is 5. The van der Waals surface area contributed by atoms with E-state index in [0.717, 1.165) is 10.9 Å². The predicted molar refractivity (Wildman–Crippen MR) is 160 cm³/mol. The first-order valence-electron chi connectivity index (χ1n) is 14.6. The third-order valence-corrected chi connectivity index (χ3v) is 7.39. The van der Waals surface area contributed by atoms with Gasteiger partial charge in [0.2, 0.25) is 29.5 Å². The van der Waals surface area contributed by atoms with Crippen LogP contribution in [0.2, 0.25) is 0 Å². The maximum atomic E-state index is 13.7. The highest BCUT2D eigenvalue weighted by Gasteiger charge is 2.37. The Morgan fingerprint density at radius 3 is 1.91 bits per heavy atom. The van der Waals surface area contributed by atoms with Gasteiger partial charge in [-0.25, -0.2) is 0 Å². The highest BCUT2D eigenvalue weighted by molar-refractivity contribution is 5.99. The van der Waals surface area contributed by atoms with Gasteiger partial charge in [-0.15, -0.1) is 0 Å². The van der Waals surface area contributed by atoms with Gasteiger partial charge in [0.15, 0.2) is 0 Å². The van der Waals surface area contributed by atoms with Gasteiger partial charge in [0, 0.05) is 23.5 Å². The molecule has 14 heteroatoms. The number of aliphatic hydroxyl groups excluding tert-OH is 1. The molecule has 0 spiro atoms. The molecule has 44 heavy (non-hydrogen) atoms. The monoisotopic (exact) mass is 614 g/mol. The number of carbonyl (C=O) groups is 6. The Morgan fingerprint density at radius 1 is 0.750 bits per heavy atom. The fourth-order valence-electron chi connectivity index (χ4n) is 5.06. The first kappa shape index (κ1) is 34.0. The summed E-state index contributed by atoms with van der Waals surface area (Å²) in [5.41, 5.74) is 1.46. The number of hydrogen-bond donors (Lipinski definition) is 8. The Balaban J connectivity index is 2.09. The lowest BCUT2D eigenvalue weighted by Crippen LogP contribution is -2.61. The minimum atomic E-state index is -1.66. The highest BCUT2D eigenvalue weighted by atomic mass is 16.4. The summed E-state index contributed by atoms with van der Waals surface area (Å²) in [4.78, 5) is 82.0. The van der Waals surface area contributed by atoms with Crippen LogP contribution in [0.1, 0.15) is 53.0 Å². The summed E-state index contributed by atoms with van der Waals surface area (Å²) < 4.78 is 0. The second-order valence-electron chi connectivity index (χ2n) is 11.9. The van der Waals surface area contributed by atoms with Crippen molar-refractivity contribution in [1.82, 2.24) is 31.6 Å². The van der Waals surface area contributed by atoms with Crippen LogP contribution in [0, 0.1) is 11.8 Å². The Bertz CT molecular complexity index is 1390. The van der Waals surface area contributed by atoms with E-state index in [4.69, 9.17) is 0 Å². The second-order valence-corrected chi connectivity index (χ2v) is 11.9. The molecular formula is C30H42N6O8. The minimum absolute atomic E-state index is 0.0314. The lowest BCUT2D eigenvalue weighted by Gasteiger charge is -2.28. The average Bonchev–Trinajstić information content (AvgIpc) is 3.34. The quantitative estimate of drug-likeness (QED) is 0.197. The molecule has 0 radical (unpaired) electrons. The molecule has 1 aliphatic heterocycles. The Hall–Kier alpha value is -4.46. The van der Waals surface area contributed by atoms with Gasteiger partial charge in [0.25, 0.3) is 0 Å². The fourth-order valence-corrected chi connectivity index (χ4v) is 5.06. The Morgan fingerprint density at radius 2 is 1.30 bits per heavy atom. The van der Waals surface area contributed by atoms with Gasteiger partial charge >= 0.3 is 5.97 Å². The minimum Gasteiger partial charge on any atom is -0.481 e. The number of fused-ring (bicyclic) bond motifs is 1. The topological polar surface area (TPSA) is 219 Å². The molecule has 3 rings (SSSR count). The molecule has 1 aromatic heterocycles. The van der Waals surface area contributed by atoms with Crippen molar-refractivity contribution in [2.24, 2.45) is 11.8 Å². The van der Waals surface area contributed by atoms with Crippen molar-refractivity contribution in [2.75, 3.05) is 0 Å². The largest absolute Gasteiger partial charge is 0.481 e. The SMILES string of the molecule is CC(C)C[C@@H]1NC(=O)[C@@H](C(C)C)NC(=O)[C@H]([C@@H](C)O)NC(=O)[C@@H](CC(=O)O)NC(=O)[C@@H](Cc2c[nH]c3ccccc23)NC1=O. The van der Waals surface area contributed by atoms with E-state index >= 15 is 0 Å². The Labute approximate surface area is 255 Å². The average molecular weight is 615 g/mol. The lowest BCUT2D eigenvalue weighted by atomic mass is 9.98. The first-order chi connectivity index (χ1) is 20.7. The molecule has 0 saturated carbocycles. The number of aromatic nitrogens is 1. The van der Waals surface area contributed by atoms with Crippen LogP contribution in [0.15, 0.2) is 30.5 Å². The molecule has 0 bridgehead atoms. The zero-order valence-electron chi connectivity index (χ0n) is 25.5. The molecule has 2 heterocycles. The van der Waals surface area contributed by atoms with E-state index in [-0.39, 0.29) is 18.8 Å². The molecule has 0 unspecified atom stereocenters. The molecule has 1 fully saturated rings. The predicted octanol–water partition coefficient (Wildman–Crippen LogP) is -0.294. The van der Waals surface area contributed by atoms with Gasteiger partial charge in [0.1, 0.15) is 30.2 Å². The lowest BCUT2D eigenvalue weighted by molar-refractivity contribution is -0.142. The van der Waals surface area contributed by atoms with E-state index < -0.39 is 84.2 Å². The number of carboxylic acids is 1. The van der Waals surface area contributed by atoms with E-state index in [9.17, 15) is 39.0 Å². The van der Waals surface area contributed by atoms with Crippen molar-refractivity contribution in [3.8, 4) is 0 Å². The normalized spacial score (nSPS) is 24.9. The summed E-state index contributed by atoms with van der Waals surface area (Å²) >= 11 is 0.